The standard InChI is InChI=1S/C17H15FN4O3/c1-10-19-16-5-2-11(7-22(16)20-10)14-4-3-12(6-15(14)18)21-8-13(9-23)25-17(21)24/h2-7,13,23H,8-9H2,1H3/t13-/m1/s1. The number of halogens is 1. The Morgan fingerprint density at radius 2 is 2.20 bits per heavy atom. The Labute approximate surface area is 142 Å². The summed E-state index contributed by atoms with van der Waals surface area (Å²) in [5, 5.41) is 13.3. The lowest BCUT2D eigenvalue weighted by Crippen LogP contribution is -2.25. The molecular formula is C17H15FN4O3. The SMILES string of the molecule is Cc1nc2ccc(-c3ccc(N4C[C@H](CO)OC4=O)cc3F)cn2n1. The fourth-order valence-corrected chi connectivity index (χ4v) is 2.89. The zero-order valence-corrected chi connectivity index (χ0v) is 13.4. The van der Waals surface area contributed by atoms with Crippen LogP contribution in [0.3, 0.4) is 0 Å². The van der Waals surface area contributed by atoms with Gasteiger partial charge in [0, 0.05) is 17.3 Å². The molecule has 0 aliphatic carbocycles. The van der Waals surface area contributed by atoms with Crippen LogP contribution in [0.4, 0.5) is 14.9 Å². The van der Waals surface area contributed by atoms with Crippen molar-refractivity contribution in [3.63, 3.8) is 0 Å². The number of anilines is 1. The number of nitrogens with zero attached hydrogens (tertiary/aromatic N) is 4. The minimum atomic E-state index is -0.592. The number of hydrogen-bond acceptors (Lipinski definition) is 5. The van der Waals surface area contributed by atoms with Crippen molar-refractivity contribution in [2.24, 2.45) is 0 Å². The van der Waals surface area contributed by atoms with E-state index in [2.05, 4.69) is 10.1 Å². The quantitative estimate of drug-likeness (QED) is 0.789. The van der Waals surface area contributed by atoms with Crippen LogP contribution in [0.1, 0.15) is 5.82 Å². The molecule has 1 atom stereocenters. The Hall–Kier alpha value is -3.00. The first kappa shape index (κ1) is 15.5. The van der Waals surface area contributed by atoms with Crippen molar-refractivity contribution >= 4 is 17.4 Å². The molecule has 0 radical (unpaired) electrons. The van der Waals surface area contributed by atoms with E-state index in [4.69, 9.17) is 9.84 Å². The van der Waals surface area contributed by atoms with Gasteiger partial charge in [0.05, 0.1) is 18.8 Å². The third-order valence-electron chi connectivity index (χ3n) is 4.09. The summed E-state index contributed by atoms with van der Waals surface area (Å²) in [7, 11) is 0. The zero-order chi connectivity index (χ0) is 17.6. The van der Waals surface area contributed by atoms with Crippen molar-refractivity contribution < 1.29 is 19.0 Å². The molecule has 7 nitrogen and oxygen atoms in total. The number of aliphatic hydroxyl groups excluding tert-OH is 1. The average molecular weight is 342 g/mol. The Morgan fingerprint density at radius 3 is 2.92 bits per heavy atom. The van der Waals surface area contributed by atoms with Gasteiger partial charge in [0.25, 0.3) is 0 Å². The van der Waals surface area contributed by atoms with E-state index in [1.807, 2.05) is 0 Å². The topological polar surface area (TPSA) is 80.0 Å². The summed E-state index contributed by atoms with van der Waals surface area (Å²) >= 11 is 0. The Balaban J connectivity index is 1.68. The van der Waals surface area contributed by atoms with E-state index in [0.29, 0.717) is 28.3 Å². The lowest BCUT2D eigenvalue weighted by Gasteiger charge is -2.14. The average Bonchev–Trinajstić information content (AvgIpc) is 3.15. The van der Waals surface area contributed by atoms with Gasteiger partial charge in [-0.1, -0.05) is 0 Å². The van der Waals surface area contributed by atoms with Crippen LogP contribution in [0.25, 0.3) is 16.8 Å². The second kappa shape index (κ2) is 5.82. The number of carbonyl (C=O) groups is 1. The van der Waals surface area contributed by atoms with Gasteiger partial charge in [-0.15, -0.1) is 0 Å². The molecule has 0 bridgehead atoms. The lowest BCUT2D eigenvalue weighted by molar-refractivity contribution is 0.0963. The first-order valence-corrected chi connectivity index (χ1v) is 7.77. The number of cyclic esters (lactones) is 1. The van der Waals surface area contributed by atoms with Crippen molar-refractivity contribution in [2.45, 2.75) is 13.0 Å². The minimum Gasteiger partial charge on any atom is -0.441 e. The fourth-order valence-electron chi connectivity index (χ4n) is 2.89. The smallest absolute Gasteiger partial charge is 0.414 e. The van der Waals surface area contributed by atoms with E-state index in [9.17, 15) is 9.18 Å². The van der Waals surface area contributed by atoms with Gasteiger partial charge in [-0.05, 0) is 37.3 Å². The Kier molecular flexibility index (Phi) is 3.61. The highest BCUT2D eigenvalue weighted by molar-refractivity contribution is 5.90. The molecule has 3 aromatic rings. The molecule has 1 amide bonds. The van der Waals surface area contributed by atoms with Crippen LogP contribution in [0.5, 0.6) is 0 Å². The van der Waals surface area contributed by atoms with Gasteiger partial charge in [-0.3, -0.25) is 4.90 Å². The maximum absolute atomic E-state index is 14.6. The summed E-state index contributed by atoms with van der Waals surface area (Å²) in [6.07, 6.45) is 0.526. The van der Waals surface area contributed by atoms with Gasteiger partial charge < -0.3 is 9.84 Å². The minimum absolute atomic E-state index is 0.193. The summed E-state index contributed by atoms with van der Waals surface area (Å²) < 4.78 is 21.2. The largest absolute Gasteiger partial charge is 0.441 e. The number of carbonyl (C=O) groups excluding carboxylic acids is 1. The zero-order valence-electron chi connectivity index (χ0n) is 13.4. The molecule has 128 valence electrons. The number of ether oxygens (including phenoxy) is 1. The van der Waals surface area contributed by atoms with Gasteiger partial charge >= 0.3 is 6.09 Å². The van der Waals surface area contributed by atoms with Crippen LogP contribution in [0, 0.1) is 12.7 Å². The molecule has 8 heteroatoms. The molecule has 1 fully saturated rings. The predicted octanol–water partition coefficient (Wildman–Crippen LogP) is 2.16. The van der Waals surface area contributed by atoms with Crippen molar-refractivity contribution in [2.75, 3.05) is 18.1 Å². The molecule has 1 aliphatic heterocycles. The molecule has 2 aromatic heterocycles. The summed E-state index contributed by atoms with van der Waals surface area (Å²) in [5.41, 5.74) is 2.12. The van der Waals surface area contributed by atoms with Crippen LogP contribution in [-0.4, -0.2) is 45.1 Å². The number of benzene rings is 1. The van der Waals surface area contributed by atoms with Crippen LogP contribution in [0.15, 0.2) is 36.5 Å². The number of aromatic nitrogens is 3. The van der Waals surface area contributed by atoms with Gasteiger partial charge in [-0.2, -0.15) is 5.10 Å². The highest BCUT2D eigenvalue weighted by Gasteiger charge is 2.32. The second-order valence-electron chi connectivity index (χ2n) is 5.84. The normalized spacial score (nSPS) is 17.3. The molecule has 0 saturated carbocycles. The molecule has 1 aliphatic rings. The number of pyridine rings is 1. The van der Waals surface area contributed by atoms with E-state index in [0.717, 1.165) is 0 Å². The van der Waals surface area contributed by atoms with Crippen molar-refractivity contribution in [3.05, 3.63) is 48.2 Å². The summed E-state index contributed by atoms with van der Waals surface area (Å²) in [5.74, 6) is 0.174. The van der Waals surface area contributed by atoms with Crippen LogP contribution < -0.4 is 4.90 Å². The Morgan fingerprint density at radius 1 is 1.36 bits per heavy atom. The molecule has 0 spiro atoms. The first-order chi connectivity index (χ1) is 12.0. The van der Waals surface area contributed by atoms with Gasteiger partial charge in [0.15, 0.2) is 5.65 Å². The predicted molar refractivity (Wildman–Crippen MR) is 87.8 cm³/mol. The molecule has 0 unspecified atom stereocenters. The van der Waals surface area contributed by atoms with Crippen LogP contribution in [0.2, 0.25) is 0 Å². The number of rotatable bonds is 3. The number of fused-ring (bicyclic) bond motifs is 1. The van der Waals surface area contributed by atoms with E-state index in [-0.39, 0.29) is 13.2 Å². The number of hydrogen-bond donors (Lipinski definition) is 1. The molecule has 4 rings (SSSR count). The van der Waals surface area contributed by atoms with E-state index < -0.39 is 18.0 Å². The second-order valence-corrected chi connectivity index (χ2v) is 5.84. The van der Waals surface area contributed by atoms with Crippen LogP contribution >= 0.6 is 0 Å². The molecule has 1 saturated heterocycles. The van der Waals surface area contributed by atoms with E-state index >= 15 is 0 Å². The van der Waals surface area contributed by atoms with Gasteiger partial charge in [0.1, 0.15) is 17.7 Å². The summed E-state index contributed by atoms with van der Waals surface area (Å²) in [6, 6.07) is 8.08. The number of aliphatic hydroxyl groups is 1. The summed E-state index contributed by atoms with van der Waals surface area (Å²) in [6.45, 7) is 1.72. The van der Waals surface area contributed by atoms with Crippen molar-refractivity contribution in [1.29, 1.82) is 0 Å². The molecule has 1 aromatic carbocycles. The highest BCUT2D eigenvalue weighted by Crippen LogP contribution is 2.29. The molecule has 3 heterocycles. The molecular weight excluding hydrogens is 327 g/mol. The molecule has 1 N–H and O–H groups in total. The highest BCUT2D eigenvalue weighted by atomic mass is 19.1. The third kappa shape index (κ3) is 2.70. The third-order valence-corrected chi connectivity index (χ3v) is 4.09. The first-order valence-electron chi connectivity index (χ1n) is 7.77. The number of aryl methyl sites for hydroxylation is 1. The maximum Gasteiger partial charge on any atom is 0.414 e. The van der Waals surface area contributed by atoms with E-state index in [1.54, 1.807) is 41.9 Å². The van der Waals surface area contributed by atoms with Crippen molar-refractivity contribution in [3.8, 4) is 11.1 Å². The van der Waals surface area contributed by atoms with Gasteiger partial charge in [0.2, 0.25) is 0 Å². The lowest BCUT2D eigenvalue weighted by atomic mass is 10.1. The van der Waals surface area contributed by atoms with Crippen molar-refractivity contribution in [1.82, 2.24) is 14.6 Å². The molecule has 25 heavy (non-hydrogen) atoms. The van der Waals surface area contributed by atoms with Crippen LogP contribution in [-0.2, 0) is 4.74 Å². The van der Waals surface area contributed by atoms with E-state index in [1.165, 1.54) is 11.0 Å². The monoisotopic (exact) mass is 342 g/mol. The van der Waals surface area contributed by atoms with Gasteiger partial charge in [-0.25, -0.2) is 18.7 Å². The Bertz CT molecular complexity index is 972. The maximum atomic E-state index is 14.6. The number of amides is 1. The summed E-state index contributed by atoms with van der Waals surface area (Å²) in [4.78, 5) is 17.4. The fraction of sp³-hybridized carbons (Fsp3) is 0.235.